The summed E-state index contributed by atoms with van der Waals surface area (Å²) in [6, 6.07) is 8.58. The number of nitro groups is 1. The zero-order chi connectivity index (χ0) is 10.8. The molecule has 2 rings (SSSR count). The molecule has 0 aliphatic carbocycles. The predicted molar refractivity (Wildman–Crippen MR) is 64.1 cm³/mol. The van der Waals surface area contributed by atoms with Crippen molar-refractivity contribution < 1.29 is 4.92 Å². The summed E-state index contributed by atoms with van der Waals surface area (Å²) in [6.45, 7) is 0. The maximum absolute atomic E-state index is 10.6. The molecule has 3 nitrogen and oxygen atoms in total. The van der Waals surface area contributed by atoms with Gasteiger partial charge in [0, 0.05) is 26.9 Å². The Hall–Kier alpha value is -1.20. The van der Waals surface area contributed by atoms with E-state index in [0.717, 1.165) is 14.9 Å². The first kappa shape index (κ1) is 10.3. The van der Waals surface area contributed by atoms with Gasteiger partial charge in [-0.1, -0.05) is 12.1 Å². The number of non-ortho nitro benzene ring substituents is 1. The summed E-state index contributed by atoms with van der Waals surface area (Å²) in [5, 5.41) is 12.5. The van der Waals surface area contributed by atoms with Crippen molar-refractivity contribution in [2.75, 3.05) is 0 Å². The van der Waals surface area contributed by atoms with Crippen LogP contribution in [0, 0.1) is 10.1 Å². The summed E-state index contributed by atoms with van der Waals surface area (Å²) < 4.78 is 0.994. The van der Waals surface area contributed by atoms with Crippen LogP contribution in [0.1, 0.15) is 0 Å². The van der Waals surface area contributed by atoms with Gasteiger partial charge in [0.1, 0.15) is 0 Å². The Morgan fingerprint density at radius 3 is 2.73 bits per heavy atom. The second-order valence-electron chi connectivity index (χ2n) is 2.94. The highest BCUT2D eigenvalue weighted by Crippen LogP contribution is 2.31. The fraction of sp³-hybridized carbons (Fsp3) is 0. The van der Waals surface area contributed by atoms with Crippen LogP contribution in [-0.2, 0) is 0 Å². The lowest BCUT2D eigenvalue weighted by Gasteiger charge is -1.96. The van der Waals surface area contributed by atoms with Gasteiger partial charge in [-0.25, -0.2) is 0 Å². The van der Waals surface area contributed by atoms with E-state index in [4.69, 9.17) is 0 Å². The molecule has 0 radical (unpaired) electrons. The number of hydrogen-bond donors (Lipinski definition) is 0. The van der Waals surface area contributed by atoms with E-state index < -0.39 is 0 Å². The van der Waals surface area contributed by atoms with E-state index in [1.807, 2.05) is 17.5 Å². The summed E-state index contributed by atoms with van der Waals surface area (Å²) in [5.74, 6) is 0. The molecule has 2 aromatic rings. The molecule has 0 unspecified atom stereocenters. The minimum Gasteiger partial charge on any atom is -0.258 e. The van der Waals surface area contributed by atoms with Crippen molar-refractivity contribution in [2.24, 2.45) is 0 Å². The first-order valence-corrected chi connectivity index (χ1v) is 5.83. The molecule has 5 heteroatoms. The average Bonchev–Trinajstić information content (AvgIpc) is 2.65. The summed E-state index contributed by atoms with van der Waals surface area (Å²) in [6.07, 6.45) is 0. The molecule has 0 spiro atoms. The number of hydrogen-bond acceptors (Lipinski definition) is 3. The van der Waals surface area contributed by atoms with Gasteiger partial charge in [0.15, 0.2) is 0 Å². The molecule has 0 N–H and O–H groups in total. The van der Waals surface area contributed by atoms with Crippen molar-refractivity contribution in [3.63, 3.8) is 0 Å². The molecular weight excluding hydrogens is 278 g/mol. The van der Waals surface area contributed by atoms with Crippen LogP contribution in [-0.4, -0.2) is 4.92 Å². The van der Waals surface area contributed by atoms with E-state index in [2.05, 4.69) is 15.9 Å². The van der Waals surface area contributed by atoms with Crippen molar-refractivity contribution in [3.05, 3.63) is 50.3 Å². The van der Waals surface area contributed by atoms with Crippen LogP contribution in [0.2, 0.25) is 0 Å². The van der Waals surface area contributed by atoms with Crippen molar-refractivity contribution in [1.82, 2.24) is 0 Å². The Morgan fingerprint density at radius 2 is 2.13 bits per heavy atom. The van der Waals surface area contributed by atoms with Gasteiger partial charge in [0.2, 0.25) is 0 Å². The highest BCUT2D eigenvalue weighted by molar-refractivity contribution is 9.10. The van der Waals surface area contributed by atoms with Crippen molar-refractivity contribution in [1.29, 1.82) is 0 Å². The maximum Gasteiger partial charge on any atom is 0.270 e. The summed E-state index contributed by atoms with van der Waals surface area (Å²) in [5.41, 5.74) is 0.997. The smallest absolute Gasteiger partial charge is 0.258 e. The second kappa shape index (κ2) is 4.12. The molecule has 76 valence electrons. The van der Waals surface area contributed by atoms with Gasteiger partial charge < -0.3 is 0 Å². The molecule has 0 saturated heterocycles. The van der Waals surface area contributed by atoms with Gasteiger partial charge in [0.25, 0.3) is 5.69 Å². The van der Waals surface area contributed by atoms with E-state index in [9.17, 15) is 10.1 Å². The summed E-state index contributed by atoms with van der Waals surface area (Å²) in [7, 11) is 0. The molecule has 0 fully saturated rings. The Morgan fingerprint density at radius 1 is 1.33 bits per heavy atom. The Labute approximate surface area is 98.6 Å². The molecule has 0 aliphatic rings. The monoisotopic (exact) mass is 283 g/mol. The summed E-state index contributed by atoms with van der Waals surface area (Å²) in [4.78, 5) is 11.2. The third kappa shape index (κ3) is 2.24. The Bertz CT molecular complexity index is 510. The van der Waals surface area contributed by atoms with Crippen LogP contribution in [0.25, 0.3) is 10.4 Å². The highest BCUT2D eigenvalue weighted by atomic mass is 79.9. The van der Waals surface area contributed by atoms with Gasteiger partial charge >= 0.3 is 0 Å². The summed E-state index contributed by atoms with van der Waals surface area (Å²) >= 11 is 4.91. The van der Waals surface area contributed by atoms with Crippen LogP contribution >= 0.6 is 27.3 Å². The lowest BCUT2D eigenvalue weighted by Crippen LogP contribution is -1.87. The van der Waals surface area contributed by atoms with E-state index in [0.29, 0.717) is 0 Å². The molecule has 1 aromatic heterocycles. The maximum atomic E-state index is 10.6. The fourth-order valence-corrected chi connectivity index (χ4v) is 2.66. The van der Waals surface area contributed by atoms with Gasteiger partial charge in [0.05, 0.1) is 4.92 Å². The van der Waals surface area contributed by atoms with Crippen molar-refractivity contribution in [3.8, 4) is 10.4 Å². The zero-order valence-corrected chi connectivity index (χ0v) is 9.92. The van der Waals surface area contributed by atoms with E-state index in [-0.39, 0.29) is 10.6 Å². The van der Waals surface area contributed by atoms with Crippen LogP contribution in [0.3, 0.4) is 0 Å². The van der Waals surface area contributed by atoms with Gasteiger partial charge in [-0.2, -0.15) is 0 Å². The number of benzene rings is 1. The molecule has 1 aromatic carbocycles. The molecule has 15 heavy (non-hydrogen) atoms. The normalized spacial score (nSPS) is 10.2. The number of nitro benzene ring substituents is 1. The van der Waals surface area contributed by atoms with E-state index >= 15 is 0 Å². The molecule has 0 bridgehead atoms. The van der Waals surface area contributed by atoms with Crippen LogP contribution in [0.15, 0.2) is 40.2 Å². The van der Waals surface area contributed by atoms with Crippen LogP contribution in [0.5, 0.6) is 0 Å². The Balaban J connectivity index is 2.45. The Kier molecular flexibility index (Phi) is 2.83. The topological polar surface area (TPSA) is 43.1 Å². The highest BCUT2D eigenvalue weighted by Gasteiger charge is 2.08. The number of nitrogens with zero attached hydrogens (tertiary/aromatic N) is 1. The first-order chi connectivity index (χ1) is 7.16. The minimum absolute atomic E-state index is 0.122. The zero-order valence-electron chi connectivity index (χ0n) is 7.51. The van der Waals surface area contributed by atoms with Gasteiger partial charge in [-0.05, 0) is 27.6 Å². The van der Waals surface area contributed by atoms with Crippen LogP contribution < -0.4 is 0 Å². The molecule has 0 saturated carbocycles. The van der Waals surface area contributed by atoms with Gasteiger partial charge in [-0.15, -0.1) is 11.3 Å². The fourth-order valence-electron chi connectivity index (χ4n) is 1.24. The molecule has 0 aliphatic heterocycles. The molecule has 1 heterocycles. The quantitative estimate of drug-likeness (QED) is 0.616. The van der Waals surface area contributed by atoms with E-state index in [1.165, 1.54) is 6.07 Å². The lowest BCUT2D eigenvalue weighted by molar-refractivity contribution is -0.384. The van der Waals surface area contributed by atoms with Gasteiger partial charge in [-0.3, -0.25) is 10.1 Å². The number of rotatable bonds is 2. The average molecular weight is 284 g/mol. The third-order valence-electron chi connectivity index (χ3n) is 1.91. The SMILES string of the molecule is O=[N+]([O-])c1cccc(-c2cc(Br)cs2)c1. The van der Waals surface area contributed by atoms with Crippen LogP contribution in [0.4, 0.5) is 5.69 Å². The number of thiophene rings is 1. The van der Waals surface area contributed by atoms with Crippen molar-refractivity contribution >= 4 is 33.0 Å². The largest absolute Gasteiger partial charge is 0.270 e. The standard InChI is InChI=1S/C10H6BrNO2S/c11-8-5-10(15-6-8)7-2-1-3-9(4-7)12(13)14/h1-6H. The second-order valence-corrected chi connectivity index (χ2v) is 4.76. The predicted octanol–water partition coefficient (Wildman–Crippen LogP) is 4.09. The lowest BCUT2D eigenvalue weighted by atomic mass is 10.2. The van der Waals surface area contributed by atoms with Crippen molar-refractivity contribution in [2.45, 2.75) is 0 Å². The van der Waals surface area contributed by atoms with E-state index in [1.54, 1.807) is 23.5 Å². The number of halogens is 1. The first-order valence-electron chi connectivity index (χ1n) is 4.15. The minimum atomic E-state index is -0.383. The molecular formula is C10H6BrNO2S. The molecule has 0 amide bonds. The third-order valence-corrected chi connectivity index (χ3v) is 3.65. The molecule has 0 atom stereocenters.